The molecule has 1 saturated carbocycles. The molecule has 1 unspecified atom stereocenters. The summed E-state index contributed by atoms with van der Waals surface area (Å²) in [5.41, 5.74) is 2.85. The van der Waals surface area contributed by atoms with Gasteiger partial charge < -0.3 is 18.7 Å². The number of ether oxygens (including phenoxy) is 3. The van der Waals surface area contributed by atoms with E-state index < -0.39 is 0 Å². The van der Waals surface area contributed by atoms with Gasteiger partial charge in [0.25, 0.3) is 0 Å². The Kier molecular flexibility index (Phi) is 6.10. The molecule has 0 amide bonds. The van der Waals surface area contributed by atoms with Crippen LogP contribution in [0.1, 0.15) is 62.6 Å². The van der Waals surface area contributed by atoms with Crippen LogP contribution < -0.4 is 4.74 Å². The number of nitrogens with zero attached hydrogens (tertiary/aromatic N) is 1. The van der Waals surface area contributed by atoms with Crippen LogP contribution in [0.3, 0.4) is 0 Å². The molecule has 27 heavy (non-hydrogen) atoms. The summed E-state index contributed by atoms with van der Waals surface area (Å²) < 4.78 is 23.3. The maximum Gasteiger partial charge on any atom is 0.172 e. The molecule has 1 aliphatic heterocycles. The number of hydrogen-bond acceptors (Lipinski definition) is 5. The summed E-state index contributed by atoms with van der Waals surface area (Å²) in [6, 6.07) is 8.13. The molecule has 1 saturated heterocycles. The molecule has 1 atom stereocenters. The molecule has 1 aromatic heterocycles. The predicted molar refractivity (Wildman–Crippen MR) is 103 cm³/mol. The van der Waals surface area contributed by atoms with Crippen LogP contribution in [0, 0.1) is 6.92 Å². The molecule has 2 heterocycles. The number of aromatic nitrogens is 1. The second kappa shape index (κ2) is 8.89. The Bertz CT molecular complexity index is 712. The molecular weight excluding hydrogens is 342 g/mol. The molecule has 2 fully saturated rings. The van der Waals surface area contributed by atoms with E-state index in [0.717, 1.165) is 67.0 Å². The molecule has 0 N–H and O–H groups in total. The van der Waals surface area contributed by atoms with E-state index in [2.05, 4.69) is 5.16 Å². The predicted octanol–water partition coefficient (Wildman–Crippen LogP) is 5.40. The first-order valence-corrected chi connectivity index (χ1v) is 10.2. The minimum Gasteiger partial charge on any atom is -0.490 e. The van der Waals surface area contributed by atoms with E-state index in [9.17, 15) is 0 Å². The molecule has 5 nitrogen and oxygen atoms in total. The van der Waals surface area contributed by atoms with Crippen molar-refractivity contribution >= 4 is 0 Å². The second-order valence-corrected chi connectivity index (χ2v) is 7.59. The molecule has 2 aliphatic rings. The van der Waals surface area contributed by atoms with Gasteiger partial charge in [-0.1, -0.05) is 11.6 Å². The Hall–Kier alpha value is -1.85. The fourth-order valence-electron chi connectivity index (χ4n) is 3.86. The van der Waals surface area contributed by atoms with Gasteiger partial charge in [-0.05, 0) is 76.1 Å². The van der Waals surface area contributed by atoms with Gasteiger partial charge in [0.1, 0.15) is 5.75 Å². The molecule has 4 rings (SSSR count). The van der Waals surface area contributed by atoms with Crippen LogP contribution in [-0.2, 0) is 16.1 Å². The topological polar surface area (TPSA) is 53.7 Å². The van der Waals surface area contributed by atoms with Crippen molar-refractivity contribution in [3.05, 3.63) is 35.5 Å². The van der Waals surface area contributed by atoms with Crippen molar-refractivity contribution in [3.63, 3.8) is 0 Å². The van der Waals surface area contributed by atoms with Crippen molar-refractivity contribution in [1.29, 1.82) is 0 Å². The normalized spacial score (nSPS) is 21.3. The Morgan fingerprint density at radius 3 is 2.52 bits per heavy atom. The zero-order valence-corrected chi connectivity index (χ0v) is 16.1. The smallest absolute Gasteiger partial charge is 0.172 e. The standard InChI is InChI=1S/C22H29NO4/c1-16-20(15-25-21-9-5-6-14-24-21)22(27-23-16)17-10-12-19(13-11-17)26-18-7-3-2-4-8-18/h10-13,18,21H,2-9,14-15H2,1H3. The average Bonchev–Trinajstić information content (AvgIpc) is 3.09. The third-order valence-electron chi connectivity index (χ3n) is 5.51. The number of rotatable bonds is 6. The average molecular weight is 371 g/mol. The highest BCUT2D eigenvalue weighted by atomic mass is 16.7. The Labute approximate surface area is 161 Å². The van der Waals surface area contributed by atoms with Crippen LogP contribution in [0.4, 0.5) is 0 Å². The molecule has 0 radical (unpaired) electrons. The van der Waals surface area contributed by atoms with Gasteiger partial charge in [0, 0.05) is 17.7 Å². The van der Waals surface area contributed by atoms with E-state index >= 15 is 0 Å². The van der Waals surface area contributed by atoms with Gasteiger partial charge in [0.2, 0.25) is 0 Å². The van der Waals surface area contributed by atoms with Crippen LogP contribution >= 0.6 is 0 Å². The van der Waals surface area contributed by atoms with Crippen molar-refractivity contribution in [2.45, 2.75) is 77.3 Å². The first-order valence-electron chi connectivity index (χ1n) is 10.2. The lowest BCUT2D eigenvalue weighted by Crippen LogP contribution is -2.22. The third kappa shape index (κ3) is 4.71. The van der Waals surface area contributed by atoms with Crippen molar-refractivity contribution in [1.82, 2.24) is 5.16 Å². The summed E-state index contributed by atoms with van der Waals surface area (Å²) in [5, 5.41) is 4.15. The lowest BCUT2D eigenvalue weighted by molar-refractivity contribution is -0.168. The molecule has 1 aliphatic carbocycles. The number of benzene rings is 1. The highest BCUT2D eigenvalue weighted by Crippen LogP contribution is 2.30. The summed E-state index contributed by atoms with van der Waals surface area (Å²) in [6.07, 6.45) is 9.66. The van der Waals surface area contributed by atoms with E-state index in [1.165, 1.54) is 19.3 Å². The summed E-state index contributed by atoms with van der Waals surface area (Å²) >= 11 is 0. The molecule has 2 aromatic rings. The maximum absolute atomic E-state index is 6.12. The van der Waals surface area contributed by atoms with E-state index in [-0.39, 0.29) is 6.29 Å². The van der Waals surface area contributed by atoms with Gasteiger partial charge in [-0.25, -0.2) is 0 Å². The molecule has 0 bridgehead atoms. The molecule has 146 valence electrons. The van der Waals surface area contributed by atoms with Crippen LogP contribution in [0.15, 0.2) is 28.8 Å². The fraction of sp³-hybridized carbons (Fsp3) is 0.591. The third-order valence-corrected chi connectivity index (χ3v) is 5.51. The Balaban J connectivity index is 1.41. The number of hydrogen-bond donors (Lipinski definition) is 0. The first kappa shape index (κ1) is 18.5. The van der Waals surface area contributed by atoms with Crippen LogP contribution in [-0.4, -0.2) is 24.2 Å². The van der Waals surface area contributed by atoms with Crippen molar-refractivity contribution < 1.29 is 18.7 Å². The second-order valence-electron chi connectivity index (χ2n) is 7.59. The molecular formula is C22H29NO4. The largest absolute Gasteiger partial charge is 0.490 e. The fourth-order valence-corrected chi connectivity index (χ4v) is 3.86. The zero-order valence-electron chi connectivity index (χ0n) is 16.1. The minimum absolute atomic E-state index is 0.118. The monoisotopic (exact) mass is 371 g/mol. The summed E-state index contributed by atoms with van der Waals surface area (Å²) in [7, 11) is 0. The Morgan fingerprint density at radius 1 is 1.00 bits per heavy atom. The quantitative estimate of drug-likeness (QED) is 0.680. The molecule has 0 spiro atoms. The van der Waals surface area contributed by atoms with Crippen molar-refractivity contribution in [2.75, 3.05) is 6.61 Å². The molecule has 5 heteroatoms. The summed E-state index contributed by atoms with van der Waals surface area (Å²) in [4.78, 5) is 0. The summed E-state index contributed by atoms with van der Waals surface area (Å²) in [6.45, 7) is 3.19. The van der Waals surface area contributed by atoms with Crippen molar-refractivity contribution in [2.24, 2.45) is 0 Å². The minimum atomic E-state index is -0.118. The zero-order chi connectivity index (χ0) is 18.5. The van der Waals surface area contributed by atoms with E-state index in [1.807, 2.05) is 31.2 Å². The SMILES string of the molecule is Cc1noc(-c2ccc(OC3CCCCC3)cc2)c1COC1CCCCO1. The maximum atomic E-state index is 6.12. The Morgan fingerprint density at radius 2 is 1.78 bits per heavy atom. The van der Waals surface area contributed by atoms with E-state index in [1.54, 1.807) is 0 Å². The highest BCUT2D eigenvalue weighted by molar-refractivity contribution is 5.62. The molecule has 1 aromatic carbocycles. The van der Waals surface area contributed by atoms with E-state index in [4.69, 9.17) is 18.7 Å². The van der Waals surface area contributed by atoms with Gasteiger partial charge >= 0.3 is 0 Å². The van der Waals surface area contributed by atoms with Gasteiger partial charge in [-0.15, -0.1) is 0 Å². The summed E-state index contributed by atoms with van der Waals surface area (Å²) in [5.74, 6) is 1.70. The van der Waals surface area contributed by atoms with Gasteiger partial charge in [0.15, 0.2) is 12.1 Å². The van der Waals surface area contributed by atoms with Crippen molar-refractivity contribution in [3.8, 4) is 17.1 Å². The van der Waals surface area contributed by atoms with Gasteiger partial charge in [0.05, 0.1) is 18.4 Å². The van der Waals surface area contributed by atoms with Crippen LogP contribution in [0.2, 0.25) is 0 Å². The number of aryl methyl sites for hydroxylation is 1. The van der Waals surface area contributed by atoms with Gasteiger partial charge in [-0.2, -0.15) is 0 Å². The van der Waals surface area contributed by atoms with E-state index in [0.29, 0.717) is 12.7 Å². The lowest BCUT2D eigenvalue weighted by atomic mass is 9.98. The van der Waals surface area contributed by atoms with Crippen LogP contribution in [0.5, 0.6) is 5.75 Å². The first-order chi connectivity index (χ1) is 13.3. The lowest BCUT2D eigenvalue weighted by Gasteiger charge is -2.23. The van der Waals surface area contributed by atoms with Crippen LogP contribution in [0.25, 0.3) is 11.3 Å². The van der Waals surface area contributed by atoms with Gasteiger partial charge in [-0.3, -0.25) is 0 Å². The highest BCUT2D eigenvalue weighted by Gasteiger charge is 2.20.